The maximum Gasteiger partial charge on any atom is 0.363 e. The molecular weight excluding hydrogens is 552 g/mol. The Morgan fingerprint density at radius 1 is 1.15 bits per heavy atom. The maximum atomic E-state index is 13.5. The number of thioether (sulfide) groups is 1. The average molecular weight is 589 g/mol. The summed E-state index contributed by atoms with van der Waals surface area (Å²) in [5, 5.41) is 32.4. The fourth-order valence-electron chi connectivity index (χ4n) is 6.79. The van der Waals surface area contributed by atoms with Crippen LogP contribution in [0, 0.1) is 27.9 Å². The third-order valence-electron chi connectivity index (χ3n) is 8.96. The number of likely N-dealkylation sites (N-methyl/N-ethyl adjacent to an activating group) is 1. The van der Waals surface area contributed by atoms with E-state index in [0.29, 0.717) is 17.9 Å². The van der Waals surface area contributed by atoms with Crippen LogP contribution in [0.5, 0.6) is 0 Å². The Bertz CT molecular complexity index is 1270. The summed E-state index contributed by atoms with van der Waals surface area (Å²) in [6.45, 7) is 5.93. The first-order valence-electron chi connectivity index (χ1n) is 13.9. The molecule has 6 unspecified atom stereocenters. The van der Waals surface area contributed by atoms with Gasteiger partial charge in [0.05, 0.1) is 34.7 Å². The van der Waals surface area contributed by atoms with Crippen molar-refractivity contribution in [2.45, 2.75) is 56.2 Å². The summed E-state index contributed by atoms with van der Waals surface area (Å²) in [5.74, 6) is -3.10. The number of aliphatic hydroxyl groups is 2. The van der Waals surface area contributed by atoms with Crippen molar-refractivity contribution < 1.29 is 34.3 Å². The molecule has 0 saturated carbocycles. The van der Waals surface area contributed by atoms with Gasteiger partial charge in [0.15, 0.2) is 0 Å². The van der Waals surface area contributed by atoms with Crippen LogP contribution in [0.25, 0.3) is 0 Å². The van der Waals surface area contributed by atoms with Gasteiger partial charge >= 0.3 is 11.9 Å². The maximum absolute atomic E-state index is 13.5. The van der Waals surface area contributed by atoms with Crippen molar-refractivity contribution >= 4 is 35.3 Å². The summed E-state index contributed by atoms with van der Waals surface area (Å²) in [4.78, 5) is 56.0. The summed E-state index contributed by atoms with van der Waals surface area (Å²) in [6.07, 6.45) is 0.258. The zero-order valence-electron chi connectivity index (χ0n) is 23.5. The van der Waals surface area contributed by atoms with E-state index in [1.54, 1.807) is 6.92 Å². The van der Waals surface area contributed by atoms with Gasteiger partial charge < -0.3 is 24.7 Å². The molecule has 5 rings (SSSR count). The molecular formula is C28H36N4O8S. The molecule has 0 radical (unpaired) electrons. The minimum absolute atomic E-state index is 0.00808. The fraction of sp³-hybridized carbons (Fsp3) is 0.607. The molecule has 0 bridgehead atoms. The van der Waals surface area contributed by atoms with Crippen LogP contribution in [0.3, 0.4) is 0 Å². The summed E-state index contributed by atoms with van der Waals surface area (Å²) < 4.78 is 5.19. The number of ether oxygens (including phenoxy) is 1. The Morgan fingerprint density at radius 2 is 1.83 bits per heavy atom. The summed E-state index contributed by atoms with van der Waals surface area (Å²) in [7, 11) is 4.04. The number of carbonyl (C=O) groups excluding carboxylic acids is 3. The number of benzene rings is 1. The van der Waals surface area contributed by atoms with Crippen molar-refractivity contribution in [1.29, 1.82) is 0 Å². The average Bonchev–Trinajstić information content (AvgIpc) is 3.58. The molecule has 12 nitrogen and oxygen atoms in total. The van der Waals surface area contributed by atoms with Gasteiger partial charge in [-0.15, -0.1) is 11.8 Å². The minimum Gasteiger partial charge on any atom is -0.393 e. The number of nitro benzene ring substituents is 1. The first-order valence-corrected chi connectivity index (χ1v) is 14.8. The zero-order chi connectivity index (χ0) is 29.7. The van der Waals surface area contributed by atoms with E-state index in [4.69, 9.17) is 4.74 Å². The molecule has 2 N–H and O–H groups in total. The monoisotopic (exact) mass is 588 g/mol. The van der Waals surface area contributed by atoms with Crippen molar-refractivity contribution in [3.05, 3.63) is 50.5 Å². The molecule has 1 amide bonds. The van der Waals surface area contributed by atoms with Crippen LogP contribution >= 0.6 is 11.8 Å². The van der Waals surface area contributed by atoms with Crippen LogP contribution in [0.2, 0.25) is 0 Å². The Labute approximate surface area is 242 Å². The molecule has 0 spiro atoms. The lowest BCUT2D eigenvalue weighted by atomic mass is 9.79. The van der Waals surface area contributed by atoms with Crippen molar-refractivity contribution in [2.24, 2.45) is 17.8 Å². The van der Waals surface area contributed by atoms with Crippen LogP contribution in [0.15, 0.2) is 34.9 Å². The van der Waals surface area contributed by atoms with E-state index in [-0.39, 0.29) is 40.1 Å². The van der Waals surface area contributed by atoms with Gasteiger partial charge in [-0.3, -0.25) is 19.8 Å². The number of rotatable bonds is 8. The Balaban J connectivity index is 1.36. The molecule has 0 aliphatic carbocycles. The number of likely N-dealkylation sites (tertiary alicyclic amines) is 2. The van der Waals surface area contributed by atoms with Gasteiger partial charge in [-0.1, -0.05) is 6.92 Å². The number of β-lactam (4-membered cyclic amide) rings is 1. The summed E-state index contributed by atoms with van der Waals surface area (Å²) >= 11 is 1.47. The third-order valence-corrected chi connectivity index (χ3v) is 10.5. The quantitative estimate of drug-likeness (QED) is 0.149. The SMILES string of the molecule is CC(O)C1C(=O)N2C(C(=O)OC(=O)c3ccc([N+](=O)[O-])cc3)=C(SC3C[C@@H](C(O)C4CCN(C)C4)N(C)C3)[C@H](C)C12. The van der Waals surface area contributed by atoms with Gasteiger partial charge in [-0.25, -0.2) is 9.59 Å². The molecule has 41 heavy (non-hydrogen) atoms. The molecule has 4 aliphatic rings. The summed E-state index contributed by atoms with van der Waals surface area (Å²) in [6, 6.07) is 4.23. The van der Waals surface area contributed by atoms with Crippen LogP contribution in [0.1, 0.15) is 37.0 Å². The number of amides is 1. The number of fused-ring (bicyclic) bond motifs is 1. The van der Waals surface area contributed by atoms with Crippen LogP contribution in [-0.4, -0.2) is 111 Å². The second-order valence-electron chi connectivity index (χ2n) is 11.7. The van der Waals surface area contributed by atoms with Crippen molar-refractivity contribution in [3.63, 3.8) is 0 Å². The molecule has 1 aromatic carbocycles. The second kappa shape index (κ2) is 11.4. The standard InChI is InChI=1S/C28H36N4O8S/c1-14-22-21(15(2)33)26(35)31(22)23(28(37)40-27(36)16-5-7-18(8-6-16)32(38)39)25(14)41-19-11-20(30(4)13-19)24(34)17-9-10-29(3)12-17/h5-8,14-15,17,19-22,24,33-34H,9-13H2,1-4H3/t14-,15?,17?,19?,20+,21?,22?,24?/m1/s1. The van der Waals surface area contributed by atoms with Crippen LogP contribution < -0.4 is 0 Å². The van der Waals surface area contributed by atoms with E-state index >= 15 is 0 Å². The highest BCUT2D eigenvalue weighted by atomic mass is 32.2. The van der Waals surface area contributed by atoms with Gasteiger partial charge in [0.25, 0.3) is 5.69 Å². The van der Waals surface area contributed by atoms with E-state index in [2.05, 4.69) is 16.8 Å². The second-order valence-corrected chi connectivity index (χ2v) is 13.1. The van der Waals surface area contributed by atoms with Gasteiger partial charge in [-0.2, -0.15) is 0 Å². The third kappa shape index (κ3) is 5.41. The molecule has 3 saturated heterocycles. The first-order chi connectivity index (χ1) is 19.4. The minimum atomic E-state index is -0.983. The van der Waals surface area contributed by atoms with Gasteiger partial charge in [0.1, 0.15) is 5.70 Å². The van der Waals surface area contributed by atoms with Gasteiger partial charge in [0.2, 0.25) is 5.91 Å². The number of hydrogen-bond acceptors (Lipinski definition) is 11. The van der Waals surface area contributed by atoms with Crippen LogP contribution in [0.4, 0.5) is 5.69 Å². The molecule has 13 heteroatoms. The molecule has 4 heterocycles. The highest BCUT2D eigenvalue weighted by Crippen LogP contribution is 2.52. The lowest BCUT2D eigenvalue weighted by Gasteiger charge is -2.46. The lowest BCUT2D eigenvalue weighted by Crippen LogP contribution is -2.63. The van der Waals surface area contributed by atoms with Crippen LogP contribution in [-0.2, 0) is 14.3 Å². The lowest BCUT2D eigenvalue weighted by molar-refractivity contribution is -0.384. The van der Waals surface area contributed by atoms with Crippen molar-refractivity contribution in [1.82, 2.24) is 14.7 Å². The number of hydrogen-bond donors (Lipinski definition) is 2. The molecule has 4 aliphatic heterocycles. The smallest absolute Gasteiger partial charge is 0.363 e. The number of non-ortho nitro benzene ring substituents is 1. The van der Waals surface area contributed by atoms with E-state index in [0.717, 1.165) is 31.6 Å². The van der Waals surface area contributed by atoms with Gasteiger partial charge in [0, 0.05) is 53.3 Å². The zero-order valence-corrected chi connectivity index (χ0v) is 24.3. The number of nitro groups is 1. The largest absolute Gasteiger partial charge is 0.393 e. The Hall–Kier alpha value is -2.84. The predicted molar refractivity (Wildman–Crippen MR) is 150 cm³/mol. The number of carbonyl (C=O) groups is 3. The number of esters is 2. The van der Waals surface area contributed by atoms with E-state index in [9.17, 15) is 34.7 Å². The number of nitrogens with zero attached hydrogens (tertiary/aromatic N) is 4. The van der Waals surface area contributed by atoms with Crippen molar-refractivity contribution in [3.8, 4) is 0 Å². The Morgan fingerprint density at radius 3 is 2.41 bits per heavy atom. The van der Waals surface area contributed by atoms with E-state index in [1.165, 1.54) is 28.8 Å². The van der Waals surface area contributed by atoms with E-state index in [1.807, 2.05) is 14.0 Å². The highest BCUT2D eigenvalue weighted by molar-refractivity contribution is 8.03. The normalized spacial score (nSPS) is 31.7. The highest BCUT2D eigenvalue weighted by Gasteiger charge is 2.60. The first kappa shape index (κ1) is 29.6. The number of aliphatic hydroxyl groups excluding tert-OH is 2. The molecule has 222 valence electrons. The topological polar surface area (TPSA) is 154 Å². The predicted octanol–water partition coefficient (Wildman–Crippen LogP) is 1.47. The molecule has 3 fully saturated rings. The fourth-order valence-corrected chi connectivity index (χ4v) is 8.40. The van der Waals surface area contributed by atoms with Gasteiger partial charge in [-0.05, 0) is 52.5 Å². The van der Waals surface area contributed by atoms with E-state index < -0.39 is 46.9 Å². The summed E-state index contributed by atoms with van der Waals surface area (Å²) in [5.41, 5.74) is -0.236. The molecule has 8 atom stereocenters. The van der Waals surface area contributed by atoms with Crippen molar-refractivity contribution in [2.75, 3.05) is 33.7 Å². The Kier molecular flexibility index (Phi) is 8.27. The molecule has 1 aromatic rings. The molecule has 0 aromatic heterocycles.